The maximum Gasteiger partial charge on any atom is 0.158 e. The van der Waals surface area contributed by atoms with Gasteiger partial charge in [0.25, 0.3) is 0 Å². The molecule has 0 aliphatic carbocycles. The summed E-state index contributed by atoms with van der Waals surface area (Å²) in [4.78, 5) is 0. The van der Waals surface area contributed by atoms with Crippen LogP contribution in [0.4, 0.5) is 0 Å². The fourth-order valence-electron chi connectivity index (χ4n) is 1.29. The first-order valence-corrected chi connectivity index (χ1v) is 5.62. The predicted molar refractivity (Wildman–Crippen MR) is 60.0 cm³/mol. The molecule has 1 fully saturated rings. The largest absolute Gasteiger partial charge is 0.353 e. The summed E-state index contributed by atoms with van der Waals surface area (Å²) in [6.45, 7) is 3.34. The van der Waals surface area contributed by atoms with E-state index in [1.54, 1.807) is 0 Å². The molecule has 0 bridgehead atoms. The van der Waals surface area contributed by atoms with Gasteiger partial charge in [-0.2, -0.15) is 0 Å². The molecule has 2 heteroatoms. The maximum atomic E-state index is 5.43. The van der Waals surface area contributed by atoms with Crippen molar-refractivity contribution < 1.29 is 9.47 Å². The van der Waals surface area contributed by atoms with Crippen LogP contribution in [-0.4, -0.2) is 19.5 Å². The zero-order chi connectivity index (χ0) is 10.8. The van der Waals surface area contributed by atoms with Gasteiger partial charge in [0.2, 0.25) is 0 Å². The predicted octanol–water partition coefficient (Wildman–Crippen LogP) is 2.34. The lowest BCUT2D eigenvalue weighted by Gasteiger charge is -2.21. The van der Waals surface area contributed by atoms with Crippen molar-refractivity contribution in [3.63, 3.8) is 0 Å². The van der Waals surface area contributed by atoms with Crippen molar-refractivity contribution in [1.82, 2.24) is 0 Å². The van der Waals surface area contributed by atoms with Gasteiger partial charge in [-0.3, -0.25) is 0 Å². The van der Waals surface area contributed by atoms with Gasteiger partial charge in [-0.1, -0.05) is 18.8 Å². The van der Waals surface area contributed by atoms with E-state index in [2.05, 4.69) is 30.6 Å². The Morgan fingerprint density at radius 1 is 1.27 bits per heavy atom. The molecule has 0 spiro atoms. The Kier molecular flexibility index (Phi) is 6.75. The van der Waals surface area contributed by atoms with Crippen molar-refractivity contribution in [2.45, 2.75) is 45.3 Å². The highest BCUT2D eigenvalue weighted by Gasteiger charge is 2.12. The fraction of sp³-hybridized carbons (Fsp3) is 0.692. The molecule has 1 unspecified atom stereocenters. The maximum absolute atomic E-state index is 5.43. The van der Waals surface area contributed by atoms with E-state index in [0.29, 0.717) is 6.61 Å². The molecule has 0 aromatic heterocycles. The van der Waals surface area contributed by atoms with E-state index in [-0.39, 0.29) is 6.29 Å². The zero-order valence-corrected chi connectivity index (χ0v) is 9.34. The SMILES string of the molecule is CCCC#CC#CCOC1CCCCO1. The van der Waals surface area contributed by atoms with E-state index in [9.17, 15) is 0 Å². The summed E-state index contributed by atoms with van der Waals surface area (Å²) in [5, 5.41) is 0. The molecular weight excluding hydrogens is 188 g/mol. The molecule has 0 aromatic carbocycles. The molecule has 15 heavy (non-hydrogen) atoms. The number of rotatable bonds is 3. The first-order chi connectivity index (χ1) is 7.43. The summed E-state index contributed by atoms with van der Waals surface area (Å²) in [6.07, 6.45) is 5.28. The Bertz CT molecular complexity index is 268. The van der Waals surface area contributed by atoms with Gasteiger partial charge < -0.3 is 9.47 Å². The summed E-state index contributed by atoms with van der Waals surface area (Å²) in [5.41, 5.74) is 0. The van der Waals surface area contributed by atoms with Gasteiger partial charge in [0.15, 0.2) is 6.29 Å². The number of ether oxygens (including phenoxy) is 2. The summed E-state index contributed by atoms with van der Waals surface area (Å²) in [5.74, 6) is 11.4. The molecule has 1 saturated heterocycles. The second-order valence-corrected chi connectivity index (χ2v) is 3.46. The third kappa shape index (κ3) is 6.18. The van der Waals surface area contributed by atoms with Crippen LogP contribution in [0.2, 0.25) is 0 Å². The topological polar surface area (TPSA) is 18.5 Å². The Labute approximate surface area is 92.3 Å². The molecule has 0 radical (unpaired) electrons. The second-order valence-electron chi connectivity index (χ2n) is 3.46. The summed E-state index contributed by atoms with van der Waals surface area (Å²) in [7, 11) is 0. The first kappa shape index (κ1) is 12.1. The van der Waals surface area contributed by atoms with E-state index in [1.807, 2.05) is 0 Å². The molecule has 82 valence electrons. The Hall–Kier alpha value is -0.960. The third-order valence-corrected chi connectivity index (χ3v) is 2.09. The quantitative estimate of drug-likeness (QED) is 0.660. The van der Waals surface area contributed by atoms with Crippen LogP contribution in [0.15, 0.2) is 0 Å². The molecular formula is C13H18O2. The lowest BCUT2D eigenvalue weighted by molar-refractivity contribution is -0.154. The number of hydrogen-bond donors (Lipinski definition) is 0. The van der Waals surface area contributed by atoms with Crippen LogP contribution in [-0.2, 0) is 9.47 Å². The molecule has 1 atom stereocenters. The van der Waals surface area contributed by atoms with E-state index in [0.717, 1.165) is 32.3 Å². The normalized spacial score (nSPS) is 19.7. The lowest BCUT2D eigenvalue weighted by atomic mass is 10.2. The van der Waals surface area contributed by atoms with Crippen molar-refractivity contribution in [1.29, 1.82) is 0 Å². The smallest absolute Gasteiger partial charge is 0.158 e. The van der Waals surface area contributed by atoms with E-state index in [1.165, 1.54) is 6.42 Å². The van der Waals surface area contributed by atoms with Gasteiger partial charge in [0.1, 0.15) is 6.61 Å². The second kappa shape index (κ2) is 8.36. The molecule has 0 saturated carbocycles. The summed E-state index contributed by atoms with van der Waals surface area (Å²) < 4.78 is 10.8. The van der Waals surface area contributed by atoms with Crippen LogP contribution in [0, 0.1) is 23.7 Å². The van der Waals surface area contributed by atoms with Gasteiger partial charge in [-0.05, 0) is 37.5 Å². The Morgan fingerprint density at radius 3 is 2.87 bits per heavy atom. The minimum Gasteiger partial charge on any atom is -0.353 e. The van der Waals surface area contributed by atoms with Crippen LogP contribution in [0.3, 0.4) is 0 Å². The van der Waals surface area contributed by atoms with Crippen LogP contribution in [0.1, 0.15) is 39.0 Å². The third-order valence-electron chi connectivity index (χ3n) is 2.09. The van der Waals surface area contributed by atoms with Crippen LogP contribution < -0.4 is 0 Å². The highest BCUT2D eigenvalue weighted by Crippen LogP contribution is 2.12. The van der Waals surface area contributed by atoms with E-state index < -0.39 is 0 Å². The van der Waals surface area contributed by atoms with E-state index >= 15 is 0 Å². The summed E-state index contributed by atoms with van der Waals surface area (Å²) in [6, 6.07) is 0. The molecule has 0 N–H and O–H groups in total. The Balaban J connectivity index is 2.07. The highest BCUT2D eigenvalue weighted by molar-refractivity contribution is 5.25. The molecule has 1 rings (SSSR count). The fourth-order valence-corrected chi connectivity index (χ4v) is 1.29. The molecule has 1 aliphatic rings. The van der Waals surface area contributed by atoms with Gasteiger partial charge >= 0.3 is 0 Å². The van der Waals surface area contributed by atoms with Crippen molar-refractivity contribution in [2.75, 3.05) is 13.2 Å². The van der Waals surface area contributed by atoms with Crippen LogP contribution in [0.5, 0.6) is 0 Å². The van der Waals surface area contributed by atoms with Gasteiger partial charge in [-0.25, -0.2) is 0 Å². The van der Waals surface area contributed by atoms with E-state index in [4.69, 9.17) is 9.47 Å². The van der Waals surface area contributed by atoms with Gasteiger partial charge in [0, 0.05) is 13.0 Å². The summed E-state index contributed by atoms with van der Waals surface area (Å²) >= 11 is 0. The molecule has 1 heterocycles. The van der Waals surface area contributed by atoms with Gasteiger partial charge in [-0.15, -0.1) is 0 Å². The lowest BCUT2D eigenvalue weighted by Crippen LogP contribution is -2.22. The Morgan fingerprint density at radius 2 is 2.13 bits per heavy atom. The van der Waals surface area contributed by atoms with Gasteiger partial charge in [0.05, 0.1) is 0 Å². The first-order valence-electron chi connectivity index (χ1n) is 5.62. The average Bonchev–Trinajstić information content (AvgIpc) is 2.29. The molecule has 0 amide bonds. The molecule has 0 aromatic rings. The van der Waals surface area contributed by atoms with Crippen LogP contribution >= 0.6 is 0 Å². The van der Waals surface area contributed by atoms with Crippen molar-refractivity contribution >= 4 is 0 Å². The zero-order valence-electron chi connectivity index (χ0n) is 9.34. The standard InChI is InChI=1S/C13H18O2/c1-2-3-4-5-6-8-11-14-13-10-7-9-12-15-13/h13H,2-3,7,9-12H2,1H3. The average molecular weight is 206 g/mol. The molecule has 1 aliphatic heterocycles. The number of unbranched alkanes of at least 4 members (excludes halogenated alkanes) is 1. The molecule has 2 nitrogen and oxygen atoms in total. The monoisotopic (exact) mass is 206 g/mol. The van der Waals surface area contributed by atoms with Crippen LogP contribution in [0.25, 0.3) is 0 Å². The van der Waals surface area contributed by atoms with Crippen molar-refractivity contribution in [3.8, 4) is 23.7 Å². The highest BCUT2D eigenvalue weighted by atomic mass is 16.7. The minimum absolute atomic E-state index is 0.0448. The van der Waals surface area contributed by atoms with Crippen molar-refractivity contribution in [2.24, 2.45) is 0 Å². The minimum atomic E-state index is -0.0448. The number of hydrogen-bond acceptors (Lipinski definition) is 2. The van der Waals surface area contributed by atoms with Crippen molar-refractivity contribution in [3.05, 3.63) is 0 Å².